The second kappa shape index (κ2) is 13.1. The summed E-state index contributed by atoms with van der Waals surface area (Å²) in [6.45, 7) is 2.18. The van der Waals surface area contributed by atoms with Crippen LogP contribution in [0.4, 0.5) is 4.39 Å². The van der Waals surface area contributed by atoms with Crippen molar-refractivity contribution in [3.05, 3.63) is 59.2 Å². The number of aliphatic hydroxyl groups excluding tert-OH is 2. The largest absolute Gasteiger partial charge is 0.456 e. The van der Waals surface area contributed by atoms with Crippen molar-refractivity contribution in [1.29, 1.82) is 0 Å². The van der Waals surface area contributed by atoms with Gasteiger partial charge in [0.15, 0.2) is 23.3 Å². The van der Waals surface area contributed by atoms with Gasteiger partial charge in [-0.05, 0) is 86.6 Å². The Kier molecular flexibility index (Phi) is 9.65. The fourth-order valence-electron chi connectivity index (χ4n) is 8.61. The summed E-state index contributed by atoms with van der Waals surface area (Å²) in [5.74, 6) is -3.55. The van der Waals surface area contributed by atoms with E-state index in [1.54, 1.807) is 25.1 Å². The minimum atomic E-state index is -2.00. The molecule has 5 rings (SSSR count). The van der Waals surface area contributed by atoms with E-state index in [2.05, 4.69) is 10.2 Å². The van der Waals surface area contributed by atoms with Crippen LogP contribution in [0.3, 0.4) is 0 Å². The van der Waals surface area contributed by atoms with E-state index in [-0.39, 0.29) is 42.5 Å². The number of hydrogen-bond acceptors (Lipinski definition) is 11. The molecular formula is C33H41FN2O10. The number of ketones is 2. The number of alkyl halides is 1. The van der Waals surface area contributed by atoms with Crippen LogP contribution in [0.15, 0.2) is 48.1 Å². The molecule has 1 aromatic carbocycles. The molecule has 8 atom stereocenters. The number of halogens is 1. The first-order valence-corrected chi connectivity index (χ1v) is 15.6. The van der Waals surface area contributed by atoms with Crippen LogP contribution >= 0.6 is 0 Å². The van der Waals surface area contributed by atoms with Crippen LogP contribution in [0.1, 0.15) is 61.9 Å². The summed E-state index contributed by atoms with van der Waals surface area (Å²) in [4.78, 5) is 55.7. The molecule has 0 heterocycles. The third-order valence-electron chi connectivity index (χ3n) is 10.9. The van der Waals surface area contributed by atoms with Crippen LogP contribution in [-0.2, 0) is 30.4 Å². The molecule has 0 radical (unpaired) electrons. The number of carbonyl (C=O) groups is 4. The zero-order chi connectivity index (χ0) is 33.4. The summed E-state index contributed by atoms with van der Waals surface area (Å²) in [5, 5.41) is 40.5. The first-order valence-electron chi connectivity index (χ1n) is 15.6. The fourth-order valence-corrected chi connectivity index (χ4v) is 8.61. The molecule has 1 aromatic rings. The van der Waals surface area contributed by atoms with E-state index in [0.29, 0.717) is 36.8 Å². The highest BCUT2D eigenvalue weighted by molar-refractivity contribution is 6.01. The molecule has 4 aliphatic carbocycles. The molecule has 4 unspecified atom stereocenters. The predicted molar refractivity (Wildman–Crippen MR) is 158 cm³/mol. The number of ether oxygens (including phenoxy) is 1. The lowest BCUT2D eigenvalue weighted by Crippen LogP contribution is -2.66. The Bertz CT molecular complexity index is 1450. The Morgan fingerprint density at radius 2 is 1.91 bits per heavy atom. The van der Waals surface area contributed by atoms with Crippen molar-refractivity contribution in [3.63, 3.8) is 0 Å². The topological polar surface area (TPSA) is 183 Å². The molecule has 0 aliphatic heterocycles. The summed E-state index contributed by atoms with van der Waals surface area (Å²) in [6, 6.07) is 4.83. The smallest absolute Gasteiger partial charge is 0.331 e. The molecule has 4 aliphatic rings. The van der Waals surface area contributed by atoms with Crippen LogP contribution in [0, 0.1) is 28.6 Å². The number of carbonyl (C=O) groups excluding carboxylic acids is 4. The predicted octanol–water partition coefficient (Wildman–Crippen LogP) is 2.43. The molecular weight excluding hydrogens is 603 g/mol. The van der Waals surface area contributed by atoms with E-state index in [4.69, 9.17) is 15.2 Å². The second-order valence-corrected chi connectivity index (χ2v) is 13.3. The number of nitrogens with one attached hydrogen (secondary N) is 1. The zero-order valence-electron chi connectivity index (χ0n) is 25.9. The zero-order valence-corrected chi connectivity index (χ0v) is 25.9. The highest BCUT2D eigenvalue weighted by Gasteiger charge is 2.70. The summed E-state index contributed by atoms with van der Waals surface area (Å²) < 4.78 is 22.5. The number of esters is 1. The number of Topliss-reactive ketones (excluding diaryl/α,β-unsaturated/α-hetero) is 1. The van der Waals surface area contributed by atoms with Gasteiger partial charge in [-0.25, -0.2) is 9.18 Å². The molecule has 0 spiro atoms. The second-order valence-electron chi connectivity index (χ2n) is 13.3. The Balaban J connectivity index is 1.21. The van der Waals surface area contributed by atoms with Crippen molar-refractivity contribution < 1.29 is 53.8 Å². The Labute approximate surface area is 265 Å². The quantitative estimate of drug-likeness (QED) is 0.176. The van der Waals surface area contributed by atoms with Gasteiger partial charge in [0.2, 0.25) is 0 Å². The van der Waals surface area contributed by atoms with Gasteiger partial charge < -0.3 is 20.3 Å². The molecule has 12 nitrogen and oxygen atoms in total. The third kappa shape index (κ3) is 5.96. The normalized spacial score (nSPS) is 33.8. The highest BCUT2D eigenvalue weighted by Crippen LogP contribution is 2.68. The number of aliphatic hydroxyl groups is 2. The highest BCUT2D eigenvalue weighted by atomic mass is 19.1. The molecule has 0 bridgehead atoms. The van der Waals surface area contributed by atoms with Crippen molar-refractivity contribution in [1.82, 2.24) is 10.7 Å². The molecule has 3 saturated carbocycles. The van der Waals surface area contributed by atoms with E-state index in [1.807, 2.05) is 6.92 Å². The number of fused-ring (bicyclic) bond motifs is 5. The molecule has 0 saturated heterocycles. The van der Waals surface area contributed by atoms with Gasteiger partial charge in [0.1, 0.15) is 6.61 Å². The standard InChI is InChI=1S/C33H41FN2O10/c1-31-16-28(40)33(34)24(7-6-21-15-22(38)10-12-32(21,33)2)23(31)8-9-25(31)27(39)18-45-30(42)26(17-37)35-29(41)20-5-3-4-19(14-20)11-13-46-36(43)44/h3-5,10,12,14-15,23-26,28,37,40,43-44H,6-9,11,13,16-18H2,1-2H3,(H,35,41)/t23?,24-,25?,26?,28-,31-,32-,33?/m0/s1. The van der Waals surface area contributed by atoms with Gasteiger partial charge in [-0.1, -0.05) is 30.7 Å². The molecule has 13 heteroatoms. The maximum atomic E-state index is 17.2. The van der Waals surface area contributed by atoms with Crippen molar-refractivity contribution in [2.24, 2.45) is 28.6 Å². The lowest BCUT2D eigenvalue weighted by Gasteiger charge is -2.62. The molecule has 250 valence electrons. The van der Waals surface area contributed by atoms with E-state index in [0.717, 1.165) is 0 Å². The van der Waals surface area contributed by atoms with Crippen molar-refractivity contribution >= 4 is 23.4 Å². The summed E-state index contributed by atoms with van der Waals surface area (Å²) in [6.07, 6.45) is 5.33. The van der Waals surface area contributed by atoms with E-state index in [1.165, 1.54) is 24.3 Å². The minimum absolute atomic E-state index is 0.0401. The first-order chi connectivity index (χ1) is 21.7. The number of rotatable bonds is 11. The van der Waals surface area contributed by atoms with Crippen LogP contribution in [-0.4, -0.2) is 87.1 Å². The SMILES string of the molecule is C[C@]12C[C@H](O)C3(F)[C@@H](CCC4=CC(=O)C=C[C@@]43C)C1CCC2C(=O)COC(=O)C(CO)NC(=O)c1cccc(CCON(O)O)c1. The van der Waals surface area contributed by atoms with Crippen LogP contribution < -0.4 is 5.32 Å². The molecule has 5 N–H and O–H groups in total. The summed E-state index contributed by atoms with van der Waals surface area (Å²) >= 11 is 0. The van der Waals surface area contributed by atoms with Crippen LogP contribution in [0.5, 0.6) is 0 Å². The third-order valence-corrected chi connectivity index (χ3v) is 10.9. The van der Waals surface area contributed by atoms with Gasteiger partial charge in [-0.15, -0.1) is 0 Å². The number of benzene rings is 1. The van der Waals surface area contributed by atoms with Gasteiger partial charge in [-0.2, -0.15) is 0 Å². The Morgan fingerprint density at radius 3 is 2.63 bits per heavy atom. The van der Waals surface area contributed by atoms with Crippen molar-refractivity contribution in [2.45, 2.75) is 70.2 Å². The lowest BCUT2D eigenvalue weighted by molar-refractivity contribution is -0.492. The summed E-state index contributed by atoms with van der Waals surface area (Å²) in [5.41, 5.74) is -2.36. The lowest BCUT2D eigenvalue weighted by atomic mass is 9.45. The maximum Gasteiger partial charge on any atom is 0.331 e. The maximum absolute atomic E-state index is 17.2. The molecule has 46 heavy (non-hydrogen) atoms. The van der Waals surface area contributed by atoms with Gasteiger partial charge in [0, 0.05) is 22.8 Å². The number of allylic oxidation sites excluding steroid dienone is 4. The van der Waals surface area contributed by atoms with E-state index in [9.17, 15) is 29.4 Å². The fraction of sp³-hybridized carbons (Fsp3) is 0.576. The molecule has 0 aromatic heterocycles. The monoisotopic (exact) mass is 644 g/mol. The van der Waals surface area contributed by atoms with E-state index >= 15 is 4.39 Å². The minimum Gasteiger partial charge on any atom is -0.456 e. The Hall–Kier alpha value is -3.33. The van der Waals surface area contributed by atoms with Gasteiger partial charge in [-0.3, -0.25) is 29.6 Å². The van der Waals surface area contributed by atoms with Gasteiger partial charge in [0.05, 0.1) is 24.7 Å². The van der Waals surface area contributed by atoms with Crippen molar-refractivity contribution in [2.75, 3.05) is 19.8 Å². The van der Waals surface area contributed by atoms with E-state index < -0.39 is 71.0 Å². The van der Waals surface area contributed by atoms with Crippen LogP contribution in [0.25, 0.3) is 0 Å². The first kappa shape index (κ1) is 34.0. The average Bonchev–Trinajstić information content (AvgIpc) is 3.35. The number of hydrogen-bond donors (Lipinski definition) is 5. The molecule has 3 fully saturated rings. The van der Waals surface area contributed by atoms with Gasteiger partial charge in [0.25, 0.3) is 5.91 Å². The number of amides is 1. The summed E-state index contributed by atoms with van der Waals surface area (Å²) in [7, 11) is 0. The molecule has 1 amide bonds. The van der Waals surface area contributed by atoms with Crippen molar-refractivity contribution in [3.8, 4) is 0 Å². The van der Waals surface area contributed by atoms with Crippen LogP contribution in [0.2, 0.25) is 0 Å². The number of nitrogens with zero attached hydrogens (tertiary/aromatic N) is 1. The van der Waals surface area contributed by atoms with Gasteiger partial charge >= 0.3 is 5.97 Å². The Morgan fingerprint density at radius 1 is 1.15 bits per heavy atom. The average molecular weight is 645 g/mol.